The summed E-state index contributed by atoms with van der Waals surface area (Å²) in [6.07, 6.45) is -21.0. The molecular weight excluding hydrogens is 760 g/mol. The Morgan fingerprint density at radius 2 is 1.53 bits per heavy atom. The Labute approximate surface area is 325 Å². The van der Waals surface area contributed by atoms with Crippen LogP contribution in [0.25, 0.3) is 22.3 Å². The van der Waals surface area contributed by atoms with Crippen LogP contribution in [0.4, 0.5) is 0 Å². The fourth-order valence-electron chi connectivity index (χ4n) is 6.71. The van der Waals surface area contributed by atoms with E-state index in [1.54, 1.807) is 32.1 Å². The molecule has 3 aliphatic rings. The van der Waals surface area contributed by atoms with Crippen LogP contribution in [0.1, 0.15) is 26.3 Å². The van der Waals surface area contributed by atoms with E-state index in [4.69, 9.17) is 37.6 Å². The lowest BCUT2D eigenvalue weighted by Crippen LogP contribution is -2.62. The number of phenols is 1. The highest BCUT2D eigenvalue weighted by atomic mass is 16.8. The molecule has 3 saturated heterocycles. The maximum absolute atomic E-state index is 14.7. The van der Waals surface area contributed by atoms with Crippen LogP contribution in [0.15, 0.2) is 51.2 Å². The first-order valence-corrected chi connectivity index (χ1v) is 18.2. The predicted molar refractivity (Wildman–Crippen MR) is 193 cm³/mol. The van der Waals surface area contributed by atoms with E-state index in [9.17, 15) is 55.9 Å². The Kier molecular flexibility index (Phi) is 13.1. The molecule has 3 aromatic rings. The minimum absolute atomic E-state index is 0.0184. The summed E-state index contributed by atoms with van der Waals surface area (Å²) in [7, 11) is 1.45. The second-order valence-electron chi connectivity index (χ2n) is 14.4. The van der Waals surface area contributed by atoms with Crippen molar-refractivity contribution < 1.29 is 88.6 Å². The van der Waals surface area contributed by atoms with E-state index in [-0.39, 0.29) is 34.6 Å². The minimum atomic E-state index is -1.81. The van der Waals surface area contributed by atoms with E-state index in [0.717, 1.165) is 11.6 Å². The number of methoxy groups -OCH3 is 1. The van der Waals surface area contributed by atoms with Crippen LogP contribution in [0.2, 0.25) is 0 Å². The van der Waals surface area contributed by atoms with Gasteiger partial charge in [0.25, 0.3) is 0 Å². The lowest BCUT2D eigenvalue weighted by molar-refractivity contribution is -0.341. The number of aromatic hydroxyl groups is 1. The summed E-state index contributed by atoms with van der Waals surface area (Å²) in [5.74, 6) is -1.21. The minimum Gasteiger partial charge on any atom is -0.507 e. The van der Waals surface area contributed by atoms with Gasteiger partial charge in [-0.25, -0.2) is 0 Å². The summed E-state index contributed by atoms with van der Waals surface area (Å²) in [4.78, 5) is 14.7. The monoisotopic (exact) mass is 808 g/mol. The zero-order valence-corrected chi connectivity index (χ0v) is 31.3. The molecule has 0 spiro atoms. The molecule has 4 heterocycles. The third kappa shape index (κ3) is 8.48. The Morgan fingerprint density at radius 1 is 0.842 bits per heavy atom. The third-order valence-corrected chi connectivity index (χ3v) is 10.1. The Balaban J connectivity index is 1.50. The fourth-order valence-corrected chi connectivity index (χ4v) is 6.71. The highest BCUT2D eigenvalue weighted by Crippen LogP contribution is 2.42. The van der Waals surface area contributed by atoms with Gasteiger partial charge in [0.05, 0.1) is 26.4 Å². The lowest BCUT2D eigenvalue weighted by atomic mass is 9.98. The van der Waals surface area contributed by atoms with E-state index < -0.39 is 122 Å². The first-order valence-electron chi connectivity index (χ1n) is 18.2. The standard InChI is InChI=1S/C38H48O19/c1-14(2)5-10-18-21(53-37-31(49)28(46)26(44)22(12-39)54-37)11-19(40)23-27(45)34(32(55-33(18)23)16-6-8-17(50-4)9-7-16)56-38-35(29(47)24(42)15(3)52-38)57-36-30(48)25(43)20(41)13-51-36/h5-9,11,15,20,22,24-26,28-31,35-44,46-49H,10,12-13H2,1-4H3/t15-,20+,22+,24-,25-,26+,28-,29+,30+,31+,35+,36-,37+,38+/m0/s1. The number of phenolic OH excluding ortho intramolecular Hbond substituents is 1. The summed E-state index contributed by atoms with van der Waals surface area (Å²) in [6.45, 7) is 3.84. The van der Waals surface area contributed by atoms with Crippen molar-refractivity contribution in [2.45, 2.75) is 113 Å². The van der Waals surface area contributed by atoms with Crippen LogP contribution < -0.4 is 19.6 Å². The summed E-state index contributed by atoms with van der Waals surface area (Å²) < 4.78 is 46.5. The van der Waals surface area contributed by atoms with Crippen LogP contribution in [-0.2, 0) is 25.4 Å². The number of benzene rings is 2. The molecule has 1 aromatic heterocycles. The largest absolute Gasteiger partial charge is 0.507 e. The average Bonchev–Trinajstić information content (AvgIpc) is 3.19. The van der Waals surface area contributed by atoms with Crippen LogP contribution >= 0.6 is 0 Å². The number of ether oxygens (including phenoxy) is 7. The molecular formula is C38H48O19. The first-order chi connectivity index (χ1) is 27.1. The smallest absolute Gasteiger partial charge is 0.239 e. The van der Waals surface area contributed by atoms with Crippen LogP contribution in [0.3, 0.4) is 0 Å². The second kappa shape index (κ2) is 17.5. The van der Waals surface area contributed by atoms with Crippen molar-refractivity contribution in [3.8, 4) is 34.3 Å². The van der Waals surface area contributed by atoms with Gasteiger partial charge in [-0.05, 0) is 51.5 Å². The van der Waals surface area contributed by atoms with E-state index in [1.807, 2.05) is 0 Å². The van der Waals surface area contributed by atoms with Gasteiger partial charge in [-0.2, -0.15) is 0 Å². The van der Waals surface area contributed by atoms with Crippen molar-refractivity contribution in [3.63, 3.8) is 0 Å². The maximum atomic E-state index is 14.7. The SMILES string of the molecule is COc1ccc(-c2oc3c(CC=C(C)C)c(O[C@@H]4O[C@H](CO)[C@@H](O)[C@H](O)[C@H]4O)cc(O)c3c(=O)c2O[C@H]2O[C@@H](C)[C@H](O)[C@@H](O)[C@H]2O[C@@H]2OC[C@@H](O)[C@H](O)[C@H]2O)cc1. The van der Waals surface area contributed by atoms with Gasteiger partial charge in [0.15, 0.2) is 18.2 Å². The van der Waals surface area contributed by atoms with Crippen LogP contribution in [0, 0.1) is 0 Å². The Bertz CT molecular complexity index is 1940. The van der Waals surface area contributed by atoms with Gasteiger partial charge in [-0.15, -0.1) is 0 Å². The molecule has 0 bridgehead atoms. The molecule has 10 N–H and O–H groups in total. The molecule has 3 fully saturated rings. The highest BCUT2D eigenvalue weighted by Gasteiger charge is 2.50. The van der Waals surface area contributed by atoms with Gasteiger partial charge in [-0.3, -0.25) is 4.79 Å². The summed E-state index contributed by atoms with van der Waals surface area (Å²) in [5.41, 5.74) is 0.0639. The molecule has 0 aliphatic carbocycles. The molecule has 2 aromatic carbocycles. The molecule has 3 aliphatic heterocycles. The molecule has 14 atom stereocenters. The molecule has 19 heteroatoms. The quantitative estimate of drug-likeness (QED) is 0.0990. The van der Waals surface area contributed by atoms with Crippen LogP contribution in [0.5, 0.6) is 23.0 Å². The van der Waals surface area contributed by atoms with Gasteiger partial charge in [0.1, 0.15) is 83.2 Å². The average molecular weight is 809 g/mol. The number of rotatable bonds is 11. The van der Waals surface area contributed by atoms with Crippen LogP contribution in [-0.4, -0.2) is 157 Å². The second-order valence-corrected chi connectivity index (χ2v) is 14.4. The lowest BCUT2D eigenvalue weighted by Gasteiger charge is -2.44. The zero-order chi connectivity index (χ0) is 41.5. The van der Waals surface area contributed by atoms with Gasteiger partial charge >= 0.3 is 0 Å². The number of aliphatic hydroxyl groups excluding tert-OH is 9. The topological polar surface area (TPSA) is 297 Å². The first kappa shape index (κ1) is 42.7. The van der Waals surface area contributed by atoms with Crippen molar-refractivity contribution in [3.05, 3.63) is 57.8 Å². The zero-order valence-electron chi connectivity index (χ0n) is 31.3. The third-order valence-electron chi connectivity index (χ3n) is 10.1. The number of hydrogen-bond donors (Lipinski definition) is 10. The number of aliphatic hydroxyl groups is 9. The molecule has 6 rings (SSSR count). The maximum Gasteiger partial charge on any atom is 0.239 e. The van der Waals surface area contributed by atoms with Gasteiger partial charge in [0.2, 0.25) is 23.8 Å². The van der Waals surface area contributed by atoms with Gasteiger partial charge in [0, 0.05) is 17.2 Å². The summed E-state index contributed by atoms with van der Waals surface area (Å²) in [5, 5.41) is 105. The van der Waals surface area contributed by atoms with Crippen molar-refractivity contribution in [1.82, 2.24) is 0 Å². The molecule has 0 saturated carbocycles. The summed E-state index contributed by atoms with van der Waals surface area (Å²) >= 11 is 0. The molecule has 57 heavy (non-hydrogen) atoms. The van der Waals surface area contributed by atoms with E-state index in [0.29, 0.717) is 5.75 Å². The van der Waals surface area contributed by atoms with Crippen molar-refractivity contribution in [2.24, 2.45) is 0 Å². The number of allylic oxidation sites excluding steroid dienone is 2. The van der Waals surface area contributed by atoms with E-state index >= 15 is 0 Å². The number of fused-ring (bicyclic) bond motifs is 1. The predicted octanol–water partition coefficient (Wildman–Crippen LogP) is -1.47. The molecule has 19 nitrogen and oxygen atoms in total. The molecule has 0 amide bonds. The van der Waals surface area contributed by atoms with Gasteiger partial charge in [-0.1, -0.05) is 11.6 Å². The molecule has 0 radical (unpaired) electrons. The van der Waals surface area contributed by atoms with Crippen molar-refractivity contribution in [1.29, 1.82) is 0 Å². The van der Waals surface area contributed by atoms with Crippen molar-refractivity contribution in [2.75, 3.05) is 20.3 Å². The molecule has 314 valence electrons. The molecule has 0 unspecified atom stereocenters. The van der Waals surface area contributed by atoms with Crippen molar-refractivity contribution >= 4 is 11.0 Å². The number of hydrogen-bond acceptors (Lipinski definition) is 19. The Hall–Kier alpha value is -3.93. The van der Waals surface area contributed by atoms with Gasteiger partial charge < -0.3 is 88.6 Å². The van der Waals surface area contributed by atoms with E-state index in [2.05, 4.69) is 0 Å². The normalized spacial score (nSPS) is 34.5. The fraction of sp³-hybridized carbons (Fsp3) is 0.553. The Morgan fingerprint density at radius 3 is 2.18 bits per heavy atom. The summed E-state index contributed by atoms with van der Waals surface area (Å²) in [6, 6.07) is 7.26. The van der Waals surface area contributed by atoms with E-state index in [1.165, 1.54) is 26.2 Å². The highest BCUT2D eigenvalue weighted by molar-refractivity contribution is 5.91.